The summed E-state index contributed by atoms with van der Waals surface area (Å²) in [6.45, 7) is 2.21. The highest BCUT2D eigenvalue weighted by Gasteiger charge is 2.15. The number of nitrogens with zero attached hydrogens (tertiary/aromatic N) is 1. The minimum atomic E-state index is -1.01. The Morgan fingerprint density at radius 1 is 1.35 bits per heavy atom. The fourth-order valence-electron chi connectivity index (χ4n) is 1.69. The van der Waals surface area contributed by atoms with Crippen molar-refractivity contribution in [2.75, 3.05) is 19.7 Å². The fraction of sp³-hybridized carbons (Fsp3) is 0.429. The number of rotatable bonds is 8. The van der Waals surface area contributed by atoms with Crippen molar-refractivity contribution in [3.63, 3.8) is 0 Å². The van der Waals surface area contributed by atoms with E-state index in [-0.39, 0.29) is 25.5 Å². The summed E-state index contributed by atoms with van der Waals surface area (Å²) in [5.41, 5.74) is 0. The van der Waals surface area contributed by atoms with Gasteiger partial charge in [0.25, 0.3) is 0 Å². The van der Waals surface area contributed by atoms with E-state index in [9.17, 15) is 9.59 Å². The highest BCUT2D eigenvalue weighted by Crippen LogP contribution is 2.23. The van der Waals surface area contributed by atoms with Gasteiger partial charge in [-0.1, -0.05) is 30.7 Å². The molecule has 0 saturated carbocycles. The van der Waals surface area contributed by atoms with Crippen molar-refractivity contribution in [3.05, 3.63) is 29.3 Å². The standard InChI is InChI=1S/C14H18ClNO4/c1-2-8-16(10-14(18)19)13(17)7-9-20-12-6-4-3-5-11(12)15/h3-6H,2,7-10H2,1H3,(H,18,19). The van der Waals surface area contributed by atoms with E-state index < -0.39 is 5.97 Å². The average Bonchev–Trinajstić information content (AvgIpc) is 2.40. The number of carbonyl (C=O) groups excluding carboxylic acids is 1. The van der Waals surface area contributed by atoms with Crippen LogP contribution in [-0.4, -0.2) is 41.6 Å². The van der Waals surface area contributed by atoms with Gasteiger partial charge >= 0.3 is 5.97 Å². The second-order valence-corrected chi connectivity index (χ2v) is 4.65. The molecule has 1 N–H and O–H groups in total. The van der Waals surface area contributed by atoms with Gasteiger partial charge in [0.05, 0.1) is 18.1 Å². The molecule has 0 unspecified atom stereocenters. The lowest BCUT2D eigenvalue weighted by atomic mass is 10.3. The highest BCUT2D eigenvalue weighted by molar-refractivity contribution is 6.32. The maximum Gasteiger partial charge on any atom is 0.323 e. The van der Waals surface area contributed by atoms with Gasteiger partial charge in [0, 0.05) is 6.54 Å². The molecule has 0 atom stereocenters. The van der Waals surface area contributed by atoms with Crippen molar-refractivity contribution in [1.82, 2.24) is 4.90 Å². The van der Waals surface area contributed by atoms with E-state index >= 15 is 0 Å². The fourth-order valence-corrected chi connectivity index (χ4v) is 1.88. The first-order valence-corrected chi connectivity index (χ1v) is 6.79. The maximum atomic E-state index is 11.9. The lowest BCUT2D eigenvalue weighted by Gasteiger charge is -2.20. The lowest BCUT2D eigenvalue weighted by molar-refractivity contribution is -0.144. The van der Waals surface area contributed by atoms with Crippen LogP contribution in [0.3, 0.4) is 0 Å². The summed E-state index contributed by atoms with van der Waals surface area (Å²) in [6, 6.07) is 6.99. The third-order valence-corrected chi connectivity index (χ3v) is 2.89. The van der Waals surface area contributed by atoms with Crippen molar-refractivity contribution in [3.8, 4) is 5.75 Å². The molecule has 0 aromatic heterocycles. The molecule has 1 aromatic carbocycles. The number of carbonyl (C=O) groups is 2. The van der Waals surface area contributed by atoms with E-state index in [1.165, 1.54) is 4.90 Å². The summed E-state index contributed by atoms with van der Waals surface area (Å²) < 4.78 is 5.41. The number of hydrogen-bond acceptors (Lipinski definition) is 3. The smallest absolute Gasteiger partial charge is 0.323 e. The largest absolute Gasteiger partial charge is 0.491 e. The van der Waals surface area contributed by atoms with Crippen molar-refractivity contribution >= 4 is 23.5 Å². The van der Waals surface area contributed by atoms with Crippen molar-refractivity contribution in [1.29, 1.82) is 0 Å². The van der Waals surface area contributed by atoms with Crippen LogP contribution in [0.4, 0.5) is 0 Å². The van der Waals surface area contributed by atoms with Crippen LogP contribution in [0.15, 0.2) is 24.3 Å². The molecular formula is C14H18ClNO4. The average molecular weight is 300 g/mol. The summed E-state index contributed by atoms with van der Waals surface area (Å²) in [7, 11) is 0. The molecule has 110 valence electrons. The zero-order chi connectivity index (χ0) is 15.0. The van der Waals surface area contributed by atoms with Crippen molar-refractivity contribution < 1.29 is 19.4 Å². The van der Waals surface area contributed by atoms with E-state index in [1.807, 2.05) is 6.92 Å². The summed E-state index contributed by atoms with van der Waals surface area (Å²) in [5, 5.41) is 9.24. The van der Waals surface area contributed by atoms with Gasteiger partial charge in [-0.25, -0.2) is 0 Å². The second-order valence-electron chi connectivity index (χ2n) is 4.24. The van der Waals surface area contributed by atoms with Crippen LogP contribution in [-0.2, 0) is 9.59 Å². The Kier molecular flexibility index (Phi) is 6.87. The van der Waals surface area contributed by atoms with Crippen LogP contribution in [0.25, 0.3) is 0 Å². The predicted octanol–water partition coefficient (Wildman–Crippen LogP) is 2.43. The molecule has 0 aliphatic heterocycles. The van der Waals surface area contributed by atoms with E-state index in [2.05, 4.69) is 0 Å². The number of hydrogen-bond donors (Lipinski definition) is 1. The number of amides is 1. The molecule has 5 nitrogen and oxygen atoms in total. The molecule has 0 radical (unpaired) electrons. The number of carboxylic acids is 1. The van der Waals surface area contributed by atoms with Gasteiger partial charge in [-0.05, 0) is 18.6 Å². The van der Waals surface area contributed by atoms with Gasteiger partial charge in [0.1, 0.15) is 12.3 Å². The van der Waals surface area contributed by atoms with Crippen LogP contribution in [0.1, 0.15) is 19.8 Å². The molecule has 0 aliphatic carbocycles. The number of para-hydroxylation sites is 1. The Labute approximate surface area is 123 Å². The molecular weight excluding hydrogens is 282 g/mol. The molecule has 20 heavy (non-hydrogen) atoms. The Hall–Kier alpha value is -1.75. The molecule has 1 aromatic rings. The number of aliphatic carboxylic acids is 1. The molecule has 1 rings (SSSR count). The number of halogens is 1. The molecule has 1 amide bonds. The topological polar surface area (TPSA) is 66.8 Å². The van der Waals surface area contributed by atoms with Gasteiger partial charge in [-0.2, -0.15) is 0 Å². The first kappa shape index (κ1) is 16.3. The van der Waals surface area contributed by atoms with E-state index in [4.69, 9.17) is 21.4 Å². The maximum absolute atomic E-state index is 11.9. The number of benzene rings is 1. The molecule has 0 fully saturated rings. The minimum absolute atomic E-state index is 0.124. The lowest BCUT2D eigenvalue weighted by Crippen LogP contribution is -2.36. The minimum Gasteiger partial charge on any atom is -0.491 e. The van der Waals surface area contributed by atoms with Crippen molar-refractivity contribution in [2.24, 2.45) is 0 Å². The van der Waals surface area contributed by atoms with Crippen LogP contribution in [0.2, 0.25) is 5.02 Å². The van der Waals surface area contributed by atoms with Gasteiger partial charge in [-0.15, -0.1) is 0 Å². The number of carboxylic acid groups (broad SMARTS) is 1. The highest BCUT2D eigenvalue weighted by atomic mass is 35.5. The predicted molar refractivity (Wildman–Crippen MR) is 76.1 cm³/mol. The van der Waals surface area contributed by atoms with Crippen molar-refractivity contribution in [2.45, 2.75) is 19.8 Å². The van der Waals surface area contributed by atoms with Gasteiger partial charge in [0.15, 0.2) is 0 Å². The second kappa shape index (κ2) is 8.43. The Bertz CT molecular complexity index is 464. The van der Waals surface area contributed by atoms with E-state index in [0.717, 1.165) is 0 Å². The van der Waals surface area contributed by atoms with Crippen LogP contribution in [0, 0.1) is 0 Å². The molecule has 0 bridgehead atoms. The number of ether oxygens (including phenoxy) is 1. The molecule has 0 saturated heterocycles. The SMILES string of the molecule is CCCN(CC(=O)O)C(=O)CCOc1ccccc1Cl. The normalized spacial score (nSPS) is 10.1. The Morgan fingerprint density at radius 2 is 2.05 bits per heavy atom. The van der Waals surface area contributed by atoms with Crippen LogP contribution >= 0.6 is 11.6 Å². The molecule has 0 heterocycles. The van der Waals surface area contributed by atoms with Gasteiger partial charge in [0.2, 0.25) is 5.91 Å². The van der Waals surface area contributed by atoms with Crippen LogP contribution in [0.5, 0.6) is 5.75 Å². The first-order chi connectivity index (χ1) is 9.54. The summed E-state index contributed by atoms with van der Waals surface area (Å²) in [4.78, 5) is 23.9. The Balaban J connectivity index is 2.45. The molecule has 0 aliphatic rings. The summed E-state index contributed by atoms with van der Waals surface area (Å²) in [6.07, 6.45) is 0.836. The van der Waals surface area contributed by atoms with Crippen LogP contribution < -0.4 is 4.74 Å². The summed E-state index contributed by atoms with van der Waals surface area (Å²) >= 11 is 5.92. The summed E-state index contributed by atoms with van der Waals surface area (Å²) in [5.74, 6) is -0.734. The van der Waals surface area contributed by atoms with E-state index in [1.54, 1.807) is 24.3 Å². The molecule has 6 heteroatoms. The first-order valence-electron chi connectivity index (χ1n) is 6.41. The third kappa shape index (κ3) is 5.48. The van der Waals surface area contributed by atoms with Gasteiger partial charge in [-0.3, -0.25) is 9.59 Å². The zero-order valence-electron chi connectivity index (χ0n) is 11.3. The molecule has 0 spiro atoms. The quantitative estimate of drug-likeness (QED) is 0.800. The van der Waals surface area contributed by atoms with E-state index in [0.29, 0.717) is 23.7 Å². The Morgan fingerprint density at radius 3 is 2.65 bits per heavy atom. The zero-order valence-corrected chi connectivity index (χ0v) is 12.1. The third-order valence-electron chi connectivity index (χ3n) is 2.58. The monoisotopic (exact) mass is 299 g/mol. The van der Waals surface area contributed by atoms with Gasteiger partial charge < -0.3 is 14.7 Å².